The van der Waals surface area contributed by atoms with Gasteiger partial charge in [-0.25, -0.2) is 4.79 Å². The summed E-state index contributed by atoms with van der Waals surface area (Å²) in [4.78, 5) is 26.4. The lowest BCUT2D eigenvalue weighted by Gasteiger charge is -2.33. The van der Waals surface area contributed by atoms with Crippen molar-refractivity contribution in [2.45, 2.75) is 50.8 Å². The Kier molecular flexibility index (Phi) is 5.90. The molecular formula is C19H23F2NO6. The maximum atomic E-state index is 13.2. The van der Waals surface area contributed by atoms with E-state index in [4.69, 9.17) is 9.47 Å². The topological polar surface area (TPSA) is 85.3 Å². The fraction of sp³-hybridized carbons (Fsp3) is 0.579. The number of aliphatic carboxylic acids is 1. The van der Waals surface area contributed by atoms with Crippen LogP contribution in [-0.2, 0) is 4.79 Å². The molecule has 3 atom stereocenters. The second-order valence-electron chi connectivity index (χ2n) is 7.00. The maximum Gasteiger partial charge on any atom is 0.387 e. The van der Waals surface area contributed by atoms with Gasteiger partial charge in [0.2, 0.25) is 5.75 Å². The van der Waals surface area contributed by atoms with Crippen molar-refractivity contribution in [2.75, 3.05) is 14.2 Å². The van der Waals surface area contributed by atoms with E-state index in [2.05, 4.69) is 4.74 Å². The summed E-state index contributed by atoms with van der Waals surface area (Å²) >= 11 is 0. The van der Waals surface area contributed by atoms with Gasteiger partial charge in [0.05, 0.1) is 14.2 Å². The molecule has 3 unspecified atom stereocenters. The zero-order valence-corrected chi connectivity index (χ0v) is 15.7. The Balaban J connectivity index is 1.99. The van der Waals surface area contributed by atoms with Gasteiger partial charge in [-0.3, -0.25) is 4.79 Å². The zero-order valence-electron chi connectivity index (χ0n) is 15.7. The number of carboxylic acid groups (broad SMARTS) is 1. The normalized spacial score (nSPS) is 24.0. The predicted octanol–water partition coefficient (Wildman–Crippen LogP) is 3.16. The van der Waals surface area contributed by atoms with Crippen LogP contribution < -0.4 is 14.2 Å². The Bertz CT molecular complexity index is 731. The number of alkyl halides is 2. The number of rotatable bonds is 6. The second kappa shape index (κ2) is 8.20. The summed E-state index contributed by atoms with van der Waals surface area (Å²) in [5.74, 6) is -1.86. The van der Waals surface area contributed by atoms with E-state index in [0.29, 0.717) is 6.42 Å². The number of carbonyl (C=O) groups excluding carboxylic acids is 1. The smallest absolute Gasteiger partial charge is 0.387 e. The Labute approximate surface area is 161 Å². The first-order valence-electron chi connectivity index (χ1n) is 9.13. The van der Waals surface area contributed by atoms with Gasteiger partial charge in [-0.05, 0) is 37.3 Å². The van der Waals surface area contributed by atoms with Crippen molar-refractivity contribution in [1.82, 2.24) is 4.90 Å². The minimum atomic E-state index is -3.10. The fourth-order valence-corrected chi connectivity index (χ4v) is 4.33. The SMILES string of the molecule is COc1cc(C(=O)N2C(C(=O)O)CC3CCCCC32)cc(OC)c1OC(F)F. The monoisotopic (exact) mass is 399 g/mol. The highest BCUT2D eigenvalue weighted by molar-refractivity contribution is 5.98. The molecule has 1 saturated carbocycles. The lowest BCUT2D eigenvalue weighted by atomic mass is 9.84. The average Bonchev–Trinajstić information content (AvgIpc) is 3.07. The summed E-state index contributed by atoms with van der Waals surface area (Å²) in [6.07, 6.45) is 4.03. The van der Waals surface area contributed by atoms with Crippen molar-refractivity contribution in [3.05, 3.63) is 17.7 Å². The molecule has 0 aromatic heterocycles. The highest BCUT2D eigenvalue weighted by Gasteiger charge is 2.47. The first-order chi connectivity index (χ1) is 13.4. The molecule has 154 valence electrons. The highest BCUT2D eigenvalue weighted by atomic mass is 19.3. The van der Waals surface area contributed by atoms with E-state index in [1.807, 2.05) is 0 Å². The van der Waals surface area contributed by atoms with Gasteiger partial charge in [-0.1, -0.05) is 12.8 Å². The van der Waals surface area contributed by atoms with Gasteiger partial charge in [0.15, 0.2) is 11.5 Å². The first-order valence-corrected chi connectivity index (χ1v) is 9.13. The number of nitrogens with zero attached hydrogens (tertiary/aromatic N) is 1. The van der Waals surface area contributed by atoms with Crippen LogP contribution in [0.4, 0.5) is 8.78 Å². The Hall–Kier alpha value is -2.58. The molecule has 0 spiro atoms. The molecule has 2 fully saturated rings. The molecule has 9 heteroatoms. The minimum absolute atomic E-state index is 0.0886. The van der Waals surface area contributed by atoms with Gasteiger partial charge in [-0.15, -0.1) is 0 Å². The van der Waals surface area contributed by atoms with E-state index in [1.165, 1.54) is 31.3 Å². The van der Waals surface area contributed by atoms with Crippen LogP contribution in [0.1, 0.15) is 42.5 Å². The van der Waals surface area contributed by atoms with Crippen LogP contribution in [0, 0.1) is 5.92 Å². The van der Waals surface area contributed by atoms with E-state index in [9.17, 15) is 23.5 Å². The Morgan fingerprint density at radius 2 is 1.75 bits per heavy atom. The third-order valence-corrected chi connectivity index (χ3v) is 5.52. The molecule has 1 aliphatic heterocycles. The van der Waals surface area contributed by atoms with Crippen molar-refractivity contribution in [1.29, 1.82) is 0 Å². The molecule has 1 N–H and O–H groups in total. The van der Waals surface area contributed by atoms with Gasteiger partial charge in [0.1, 0.15) is 6.04 Å². The van der Waals surface area contributed by atoms with Crippen LogP contribution in [0.2, 0.25) is 0 Å². The van der Waals surface area contributed by atoms with Crippen LogP contribution in [0.5, 0.6) is 17.2 Å². The number of hydrogen-bond acceptors (Lipinski definition) is 5. The molecule has 1 aromatic carbocycles. The average molecular weight is 399 g/mol. The van der Waals surface area contributed by atoms with Crippen molar-refractivity contribution >= 4 is 11.9 Å². The largest absolute Gasteiger partial charge is 0.493 e. The Morgan fingerprint density at radius 1 is 1.14 bits per heavy atom. The lowest BCUT2D eigenvalue weighted by Crippen LogP contribution is -2.46. The summed E-state index contributed by atoms with van der Waals surface area (Å²) < 4.78 is 40.1. The third kappa shape index (κ3) is 3.70. The van der Waals surface area contributed by atoms with Crippen LogP contribution in [0.15, 0.2) is 12.1 Å². The molecule has 1 amide bonds. The standard InChI is InChI=1S/C19H23F2NO6/c1-26-14-8-11(9-15(27-2)16(14)28-19(20)21)17(23)22-12-6-4-3-5-10(12)7-13(22)18(24)25/h8-10,12-13,19H,3-7H2,1-2H3,(H,24,25). The van der Waals surface area contributed by atoms with Crippen LogP contribution in [0.25, 0.3) is 0 Å². The molecule has 1 aliphatic carbocycles. The number of carboxylic acids is 1. The number of likely N-dealkylation sites (tertiary alicyclic amines) is 1. The summed E-state index contributed by atoms with van der Waals surface area (Å²) in [6.45, 7) is -3.10. The summed E-state index contributed by atoms with van der Waals surface area (Å²) in [5, 5.41) is 9.62. The van der Waals surface area contributed by atoms with Crippen LogP contribution in [0.3, 0.4) is 0 Å². The van der Waals surface area contributed by atoms with E-state index in [-0.39, 0.29) is 34.8 Å². The molecule has 2 aliphatic rings. The van der Waals surface area contributed by atoms with Crippen molar-refractivity contribution in [3.63, 3.8) is 0 Å². The molecule has 0 bridgehead atoms. The third-order valence-electron chi connectivity index (χ3n) is 5.52. The number of fused-ring (bicyclic) bond motifs is 1. The van der Waals surface area contributed by atoms with Crippen molar-refractivity contribution in [2.24, 2.45) is 5.92 Å². The van der Waals surface area contributed by atoms with E-state index >= 15 is 0 Å². The van der Waals surface area contributed by atoms with Gasteiger partial charge in [0.25, 0.3) is 5.91 Å². The molecule has 7 nitrogen and oxygen atoms in total. The summed E-state index contributed by atoms with van der Waals surface area (Å²) in [6, 6.07) is 1.50. The fourth-order valence-electron chi connectivity index (χ4n) is 4.33. The van der Waals surface area contributed by atoms with Gasteiger partial charge in [0, 0.05) is 11.6 Å². The molecule has 1 aromatic rings. The van der Waals surface area contributed by atoms with Gasteiger partial charge >= 0.3 is 12.6 Å². The molecular weight excluding hydrogens is 376 g/mol. The van der Waals surface area contributed by atoms with Crippen LogP contribution in [-0.4, -0.2) is 54.8 Å². The predicted molar refractivity (Wildman–Crippen MR) is 94.1 cm³/mol. The molecule has 1 saturated heterocycles. The van der Waals surface area contributed by atoms with E-state index in [0.717, 1.165) is 25.7 Å². The quantitative estimate of drug-likeness (QED) is 0.791. The zero-order chi connectivity index (χ0) is 20.4. The molecule has 1 heterocycles. The maximum absolute atomic E-state index is 13.2. The number of amides is 1. The summed E-state index contributed by atoms with van der Waals surface area (Å²) in [5.41, 5.74) is 0.104. The number of methoxy groups -OCH3 is 2. The molecule has 0 radical (unpaired) electrons. The van der Waals surface area contributed by atoms with Crippen molar-refractivity contribution < 1.29 is 37.7 Å². The number of benzene rings is 1. The summed E-state index contributed by atoms with van der Waals surface area (Å²) in [7, 11) is 2.52. The number of halogens is 2. The van der Waals surface area contributed by atoms with Crippen LogP contribution >= 0.6 is 0 Å². The van der Waals surface area contributed by atoms with E-state index in [1.54, 1.807) is 0 Å². The second-order valence-corrected chi connectivity index (χ2v) is 7.00. The number of carbonyl (C=O) groups is 2. The number of hydrogen-bond donors (Lipinski definition) is 1. The minimum Gasteiger partial charge on any atom is -0.493 e. The first kappa shape index (κ1) is 20.2. The Morgan fingerprint density at radius 3 is 2.29 bits per heavy atom. The van der Waals surface area contributed by atoms with Gasteiger partial charge < -0.3 is 24.2 Å². The number of ether oxygens (including phenoxy) is 3. The van der Waals surface area contributed by atoms with Gasteiger partial charge in [-0.2, -0.15) is 8.78 Å². The van der Waals surface area contributed by atoms with Crippen molar-refractivity contribution in [3.8, 4) is 17.2 Å². The molecule has 28 heavy (non-hydrogen) atoms. The molecule has 3 rings (SSSR count). The lowest BCUT2D eigenvalue weighted by molar-refractivity contribution is -0.141. The van der Waals surface area contributed by atoms with E-state index < -0.39 is 24.5 Å². The highest BCUT2D eigenvalue weighted by Crippen LogP contribution is 2.43.